The van der Waals surface area contributed by atoms with Crippen LogP contribution >= 0.6 is 0 Å². The molecule has 0 aliphatic heterocycles. The maximum atomic E-state index is 4.85. The fourth-order valence-corrected chi connectivity index (χ4v) is 8.97. The normalized spacial score (nSPS) is 13.8. The van der Waals surface area contributed by atoms with Crippen LogP contribution in [0.25, 0.3) is 72.4 Å². The van der Waals surface area contributed by atoms with Crippen molar-refractivity contribution in [3.8, 4) is 28.1 Å². The van der Waals surface area contributed by atoms with Gasteiger partial charge in [-0.05, 0) is 153 Å². The summed E-state index contributed by atoms with van der Waals surface area (Å²) in [6.07, 6.45) is 8.53. The highest BCUT2D eigenvalue weighted by atomic mass is 15.1. The average Bonchev–Trinajstić information content (AvgIpc) is 3.63. The molecular formula is C47H39N3. The number of pyridine rings is 1. The van der Waals surface area contributed by atoms with E-state index in [0.717, 1.165) is 31.5 Å². The zero-order valence-corrected chi connectivity index (χ0v) is 29.1. The summed E-state index contributed by atoms with van der Waals surface area (Å²) in [7, 11) is 0. The highest BCUT2D eigenvalue weighted by molar-refractivity contribution is 6.12. The van der Waals surface area contributed by atoms with Gasteiger partial charge in [-0.3, -0.25) is 4.57 Å². The Morgan fingerprint density at radius 3 is 1.96 bits per heavy atom. The van der Waals surface area contributed by atoms with Gasteiger partial charge in [-0.1, -0.05) is 70.8 Å². The molecule has 3 nitrogen and oxygen atoms in total. The number of nitrogens with one attached hydrogen (secondary N) is 1. The van der Waals surface area contributed by atoms with Crippen LogP contribution in [0.3, 0.4) is 0 Å². The summed E-state index contributed by atoms with van der Waals surface area (Å²) in [6.45, 7) is 8.77. The van der Waals surface area contributed by atoms with Crippen molar-refractivity contribution in [3.63, 3.8) is 0 Å². The number of benzene rings is 5. The molecule has 2 aliphatic rings. The van der Waals surface area contributed by atoms with Crippen LogP contribution in [0, 0.1) is 27.7 Å². The van der Waals surface area contributed by atoms with E-state index in [2.05, 4.69) is 134 Å². The van der Waals surface area contributed by atoms with Crippen LogP contribution in [0.1, 0.15) is 56.6 Å². The largest absolute Gasteiger partial charge is 0.358 e. The van der Waals surface area contributed by atoms with E-state index >= 15 is 0 Å². The van der Waals surface area contributed by atoms with E-state index in [1.165, 1.54) is 111 Å². The van der Waals surface area contributed by atoms with Crippen molar-refractivity contribution in [1.29, 1.82) is 0 Å². The van der Waals surface area contributed by atoms with Crippen molar-refractivity contribution in [2.24, 2.45) is 0 Å². The Hall–Kier alpha value is -5.67. The van der Waals surface area contributed by atoms with Crippen molar-refractivity contribution in [1.82, 2.24) is 14.5 Å². The third-order valence-corrected chi connectivity index (χ3v) is 11.1. The lowest BCUT2D eigenvalue weighted by Crippen LogP contribution is -2.05. The number of fused-ring (bicyclic) bond motifs is 9. The Labute approximate surface area is 293 Å². The molecule has 8 aromatic rings. The van der Waals surface area contributed by atoms with Gasteiger partial charge in [-0.25, -0.2) is 4.98 Å². The maximum Gasteiger partial charge on any atom is 0.137 e. The lowest BCUT2D eigenvalue weighted by molar-refractivity contribution is 0.946. The van der Waals surface area contributed by atoms with Gasteiger partial charge >= 0.3 is 0 Å². The molecule has 0 unspecified atom stereocenters. The second kappa shape index (κ2) is 10.9. The molecule has 3 heterocycles. The average molecular weight is 646 g/mol. The Morgan fingerprint density at radius 1 is 0.560 bits per heavy atom. The summed E-state index contributed by atoms with van der Waals surface area (Å²) in [5, 5.41) is 3.92. The number of hydrogen-bond donors (Lipinski definition) is 1. The zero-order valence-electron chi connectivity index (χ0n) is 29.1. The summed E-state index contributed by atoms with van der Waals surface area (Å²) in [5.74, 6) is 0.946. The van der Waals surface area contributed by atoms with Gasteiger partial charge in [0.15, 0.2) is 0 Å². The first-order chi connectivity index (χ1) is 24.4. The lowest BCUT2D eigenvalue weighted by atomic mass is 9.83. The molecule has 10 rings (SSSR count). The third-order valence-electron chi connectivity index (χ3n) is 11.1. The van der Waals surface area contributed by atoms with E-state index in [0.29, 0.717) is 0 Å². The van der Waals surface area contributed by atoms with E-state index < -0.39 is 0 Å². The number of H-pyrrole nitrogens is 1. The Balaban J connectivity index is 1.15. The molecule has 0 atom stereocenters. The number of aromatic amines is 1. The predicted molar refractivity (Wildman–Crippen MR) is 210 cm³/mol. The van der Waals surface area contributed by atoms with Crippen LogP contribution in [0.15, 0.2) is 103 Å². The zero-order chi connectivity index (χ0) is 33.7. The number of nitrogens with zero attached hydrogens (tertiary/aromatic N) is 2. The highest BCUT2D eigenvalue weighted by Gasteiger charge is 2.24. The molecule has 0 saturated heterocycles. The molecule has 0 saturated carbocycles. The topological polar surface area (TPSA) is 33.6 Å². The van der Waals surface area contributed by atoms with Crippen molar-refractivity contribution in [3.05, 3.63) is 153 Å². The molecule has 5 aromatic carbocycles. The Bertz CT molecular complexity index is 2690. The number of aromatic nitrogens is 3. The summed E-state index contributed by atoms with van der Waals surface area (Å²) < 4.78 is 2.36. The van der Waals surface area contributed by atoms with Crippen LogP contribution in [-0.2, 0) is 19.3 Å². The molecule has 50 heavy (non-hydrogen) atoms. The highest BCUT2D eigenvalue weighted by Crippen LogP contribution is 2.44. The smallest absolute Gasteiger partial charge is 0.137 e. The summed E-state index contributed by atoms with van der Waals surface area (Å²) in [5.41, 5.74) is 22.5. The number of hydrogen-bond acceptors (Lipinski definition) is 1. The third kappa shape index (κ3) is 4.60. The fraction of sp³-hybridized carbons (Fsp3) is 0.170. The molecule has 242 valence electrons. The molecule has 0 fully saturated rings. The molecule has 3 heteroatoms. The summed E-state index contributed by atoms with van der Waals surface area (Å²) >= 11 is 0. The second-order valence-corrected chi connectivity index (χ2v) is 14.8. The molecule has 0 bridgehead atoms. The van der Waals surface area contributed by atoms with Crippen LogP contribution in [0.4, 0.5) is 0 Å². The molecule has 3 aromatic heterocycles. The quantitative estimate of drug-likeness (QED) is 0.204. The van der Waals surface area contributed by atoms with E-state index in [1.54, 1.807) is 0 Å². The first-order valence-electron chi connectivity index (χ1n) is 17.9. The van der Waals surface area contributed by atoms with Crippen LogP contribution < -0.4 is 0 Å². The number of rotatable bonds is 3. The first-order valence-corrected chi connectivity index (χ1v) is 17.9. The van der Waals surface area contributed by atoms with Crippen molar-refractivity contribution < 1.29 is 0 Å². The van der Waals surface area contributed by atoms with Crippen molar-refractivity contribution >= 4 is 44.4 Å². The minimum absolute atomic E-state index is 0.946. The lowest BCUT2D eigenvalue weighted by Gasteiger charge is -2.21. The van der Waals surface area contributed by atoms with E-state index in [1.807, 2.05) is 12.3 Å². The molecule has 0 spiro atoms. The van der Waals surface area contributed by atoms with Gasteiger partial charge in [0.2, 0.25) is 0 Å². The van der Waals surface area contributed by atoms with E-state index in [4.69, 9.17) is 4.98 Å². The van der Waals surface area contributed by atoms with Crippen LogP contribution in [0.5, 0.6) is 0 Å². The van der Waals surface area contributed by atoms with Crippen LogP contribution in [-0.4, -0.2) is 14.5 Å². The summed E-state index contributed by atoms with van der Waals surface area (Å²) in [4.78, 5) is 8.71. The molecular weight excluding hydrogens is 607 g/mol. The maximum absolute atomic E-state index is 4.85. The molecule has 0 amide bonds. The van der Waals surface area contributed by atoms with Crippen molar-refractivity contribution in [2.45, 2.75) is 53.4 Å². The van der Waals surface area contributed by atoms with Gasteiger partial charge in [0.05, 0.1) is 11.0 Å². The number of allylic oxidation sites excluding steroid dienone is 1. The molecule has 0 radical (unpaired) electrons. The SMILES string of the molecule is Cc1cc(C)cc(C2=Cc3c([nH]c4cc5c(cc34)CCc3cc4c6cc(-c7cc(C)cc(C)c7)ccc6n(-c6ccccn6)c4cc3-5)CC2)c1. The summed E-state index contributed by atoms with van der Waals surface area (Å²) in [6, 6.07) is 36.8. The van der Waals surface area contributed by atoms with E-state index in [-0.39, 0.29) is 0 Å². The molecule has 2 aliphatic carbocycles. The van der Waals surface area contributed by atoms with Gasteiger partial charge < -0.3 is 4.98 Å². The van der Waals surface area contributed by atoms with Crippen molar-refractivity contribution in [2.75, 3.05) is 0 Å². The van der Waals surface area contributed by atoms with Crippen LogP contribution in [0.2, 0.25) is 0 Å². The van der Waals surface area contributed by atoms with Gasteiger partial charge in [-0.15, -0.1) is 0 Å². The second-order valence-electron chi connectivity index (χ2n) is 14.8. The number of aryl methyl sites for hydroxylation is 7. The van der Waals surface area contributed by atoms with Gasteiger partial charge in [0.1, 0.15) is 5.82 Å². The van der Waals surface area contributed by atoms with E-state index in [9.17, 15) is 0 Å². The minimum Gasteiger partial charge on any atom is -0.358 e. The van der Waals surface area contributed by atoms with Gasteiger partial charge in [0.25, 0.3) is 0 Å². The standard InChI is InChI=1S/C47H39N3/c1-27-15-28(2)18-35(17-27)31-10-12-43-39(21-31)40-23-33-8-9-34-24-42-41-22-32(36-19-29(3)16-30(4)20-36)11-13-45(41)50(47-7-5-6-14-48-47)46(42)26-38(34)37(33)25-44(40)49-43/h5-7,11,13-26,49H,8-10,12H2,1-4H3. The molecule has 1 N–H and O–H groups in total. The first kappa shape index (κ1) is 29.3. The minimum atomic E-state index is 0.946. The monoisotopic (exact) mass is 645 g/mol. The predicted octanol–water partition coefficient (Wildman–Crippen LogP) is 11.8. The Morgan fingerprint density at radius 2 is 1.24 bits per heavy atom. The fourth-order valence-electron chi connectivity index (χ4n) is 8.97. The van der Waals surface area contributed by atoms with Gasteiger partial charge in [0, 0.05) is 39.1 Å². The van der Waals surface area contributed by atoms with Gasteiger partial charge in [-0.2, -0.15) is 0 Å². The Kier molecular flexibility index (Phi) is 6.39.